The summed E-state index contributed by atoms with van der Waals surface area (Å²) >= 11 is 0. The van der Waals surface area contributed by atoms with Crippen molar-refractivity contribution < 1.29 is 19.1 Å². The summed E-state index contributed by atoms with van der Waals surface area (Å²) in [6.45, 7) is 3.89. The molecule has 3 rings (SSSR count). The van der Waals surface area contributed by atoms with Crippen molar-refractivity contribution in [1.82, 2.24) is 4.90 Å². The third-order valence-corrected chi connectivity index (χ3v) is 5.06. The molecule has 0 unspecified atom stereocenters. The fraction of sp³-hybridized carbons (Fsp3) is 0.231. The third-order valence-electron chi connectivity index (χ3n) is 5.06. The zero-order chi connectivity index (χ0) is 22.4. The average molecular weight is 418 g/mol. The Morgan fingerprint density at radius 2 is 1.45 bits per heavy atom. The van der Waals surface area contributed by atoms with Gasteiger partial charge in [-0.2, -0.15) is 0 Å². The molecule has 3 aromatic carbocycles. The molecule has 0 heterocycles. The predicted octanol–water partition coefficient (Wildman–Crippen LogP) is 4.95. The number of benzene rings is 3. The van der Waals surface area contributed by atoms with Crippen molar-refractivity contribution in [1.29, 1.82) is 0 Å². The Labute approximate surface area is 183 Å². The monoisotopic (exact) mass is 417 g/mol. The quantitative estimate of drug-likeness (QED) is 0.510. The van der Waals surface area contributed by atoms with Gasteiger partial charge in [0.15, 0.2) is 0 Å². The number of carbonyl (C=O) groups excluding carboxylic acids is 2. The molecule has 1 amide bonds. The molecule has 0 N–H and O–H groups in total. The van der Waals surface area contributed by atoms with Crippen molar-refractivity contribution in [3.05, 3.63) is 95.1 Å². The van der Waals surface area contributed by atoms with Gasteiger partial charge in [-0.15, -0.1) is 0 Å². The van der Waals surface area contributed by atoms with Gasteiger partial charge in [0.1, 0.15) is 17.5 Å². The Bertz CT molecular complexity index is 1020. The van der Waals surface area contributed by atoms with Gasteiger partial charge in [-0.3, -0.25) is 4.79 Å². The van der Waals surface area contributed by atoms with Crippen LogP contribution in [0.1, 0.15) is 27.0 Å². The first kappa shape index (κ1) is 22.1. The van der Waals surface area contributed by atoms with Gasteiger partial charge in [0, 0.05) is 19.0 Å². The molecule has 0 saturated carbocycles. The molecule has 160 valence electrons. The SMILES string of the molecule is COC(=O)[C@@H](Cc1ccc(Oc2ccccc2)cc1)N(C)C(=O)c1cc(C)cc(C)c1. The van der Waals surface area contributed by atoms with E-state index in [9.17, 15) is 9.59 Å². The number of aryl methyl sites for hydroxylation is 2. The maximum Gasteiger partial charge on any atom is 0.328 e. The molecule has 0 aliphatic heterocycles. The van der Waals surface area contributed by atoms with Gasteiger partial charge in [0.2, 0.25) is 0 Å². The molecule has 0 aliphatic rings. The van der Waals surface area contributed by atoms with Crippen LogP contribution in [-0.4, -0.2) is 37.0 Å². The van der Waals surface area contributed by atoms with E-state index in [0.717, 1.165) is 22.4 Å². The number of hydrogen-bond acceptors (Lipinski definition) is 4. The van der Waals surface area contributed by atoms with Gasteiger partial charge in [-0.05, 0) is 55.8 Å². The first-order chi connectivity index (χ1) is 14.9. The Kier molecular flexibility index (Phi) is 7.08. The molecule has 3 aromatic rings. The minimum absolute atomic E-state index is 0.216. The van der Waals surface area contributed by atoms with Gasteiger partial charge in [0.05, 0.1) is 7.11 Å². The molecule has 31 heavy (non-hydrogen) atoms. The number of hydrogen-bond donors (Lipinski definition) is 0. The molecule has 0 aromatic heterocycles. The molecule has 0 bridgehead atoms. The number of amides is 1. The molecular weight excluding hydrogens is 390 g/mol. The summed E-state index contributed by atoms with van der Waals surface area (Å²) < 4.78 is 10.8. The van der Waals surface area contributed by atoms with Crippen LogP contribution in [0.2, 0.25) is 0 Å². The van der Waals surface area contributed by atoms with Crippen LogP contribution < -0.4 is 4.74 Å². The standard InChI is InChI=1S/C26H27NO4/c1-18-14-19(2)16-21(15-18)25(28)27(3)24(26(29)30-4)17-20-10-12-23(13-11-20)31-22-8-6-5-7-9-22/h5-16,24H,17H2,1-4H3/t24-/m1/s1. The van der Waals surface area contributed by atoms with E-state index in [1.54, 1.807) is 7.05 Å². The number of methoxy groups -OCH3 is 1. The molecule has 5 heteroatoms. The fourth-order valence-electron chi connectivity index (χ4n) is 3.50. The minimum atomic E-state index is -0.737. The largest absolute Gasteiger partial charge is 0.467 e. The smallest absolute Gasteiger partial charge is 0.328 e. The molecule has 5 nitrogen and oxygen atoms in total. The highest BCUT2D eigenvalue weighted by molar-refractivity contribution is 5.97. The summed E-state index contributed by atoms with van der Waals surface area (Å²) in [6, 6.07) is 21.9. The van der Waals surface area contributed by atoms with Crippen LogP contribution in [0.3, 0.4) is 0 Å². The van der Waals surface area contributed by atoms with Gasteiger partial charge in [-0.25, -0.2) is 4.79 Å². The number of esters is 1. The zero-order valence-corrected chi connectivity index (χ0v) is 18.3. The summed E-state index contributed by atoms with van der Waals surface area (Å²) in [6.07, 6.45) is 0.339. The number of ether oxygens (including phenoxy) is 2. The van der Waals surface area contributed by atoms with Crippen molar-refractivity contribution >= 4 is 11.9 Å². The van der Waals surface area contributed by atoms with Gasteiger partial charge < -0.3 is 14.4 Å². The van der Waals surface area contributed by atoms with Crippen molar-refractivity contribution in [2.75, 3.05) is 14.2 Å². The maximum atomic E-state index is 13.1. The van der Waals surface area contributed by atoms with E-state index in [1.807, 2.05) is 86.6 Å². The lowest BCUT2D eigenvalue weighted by Crippen LogP contribution is -2.44. The Balaban J connectivity index is 1.76. The first-order valence-corrected chi connectivity index (χ1v) is 10.1. The molecule has 0 aliphatic carbocycles. The second-order valence-corrected chi connectivity index (χ2v) is 7.59. The second kappa shape index (κ2) is 9.94. The molecular formula is C26H27NO4. The van der Waals surface area contributed by atoms with Crippen molar-refractivity contribution in [2.45, 2.75) is 26.3 Å². The van der Waals surface area contributed by atoms with Crippen LogP contribution >= 0.6 is 0 Å². The lowest BCUT2D eigenvalue weighted by molar-refractivity contribution is -0.145. The number of rotatable bonds is 7. The van der Waals surface area contributed by atoms with E-state index in [-0.39, 0.29) is 5.91 Å². The lowest BCUT2D eigenvalue weighted by Gasteiger charge is -2.26. The molecule has 0 fully saturated rings. The molecule has 1 atom stereocenters. The van der Waals surface area contributed by atoms with Gasteiger partial charge in [0.25, 0.3) is 5.91 Å². The van der Waals surface area contributed by atoms with E-state index in [2.05, 4.69) is 0 Å². The Morgan fingerprint density at radius 3 is 2.03 bits per heavy atom. The lowest BCUT2D eigenvalue weighted by atomic mass is 10.0. The molecule has 0 saturated heterocycles. The van der Waals surface area contributed by atoms with E-state index in [0.29, 0.717) is 17.7 Å². The van der Waals surface area contributed by atoms with Crippen LogP contribution in [0, 0.1) is 13.8 Å². The first-order valence-electron chi connectivity index (χ1n) is 10.1. The highest BCUT2D eigenvalue weighted by Crippen LogP contribution is 2.22. The fourth-order valence-corrected chi connectivity index (χ4v) is 3.50. The highest BCUT2D eigenvalue weighted by Gasteiger charge is 2.29. The highest BCUT2D eigenvalue weighted by atomic mass is 16.5. The molecule has 0 radical (unpaired) electrons. The second-order valence-electron chi connectivity index (χ2n) is 7.59. The normalized spacial score (nSPS) is 11.5. The number of para-hydroxylation sites is 1. The minimum Gasteiger partial charge on any atom is -0.467 e. The van der Waals surface area contributed by atoms with E-state index < -0.39 is 12.0 Å². The predicted molar refractivity (Wildman–Crippen MR) is 120 cm³/mol. The van der Waals surface area contributed by atoms with Crippen LogP contribution in [0.5, 0.6) is 11.5 Å². The summed E-state index contributed by atoms with van der Waals surface area (Å²) in [4.78, 5) is 27.0. The maximum absolute atomic E-state index is 13.1. The number of likely N-dealkylation sites (N-methyl/N-ethyl adjacent to an activating group) is 1. The van der Waals surface area contributed by atoms with Crippen molar-refractivity contribution in [2.24, 2.45) is 0 Å². The van der Waals surface area contributed by atoms with Crippen molar-refractivity contribution in [3.63, 3.8) is 0 Å². The van der Waals surface area contributed by atoms with E-state index in [4.69, 9.17) is 9.47 Å². The summed E-state index contributed by atoms with van der Waals surface area (Å²) in [5.74, 6) is 0.779. The Morgan fingerprint density at radius 1 is 0.871 bits per heavy atom. The summed E-state index contributed by atoms with van der Waals surface area (Å²) in [5, 5.41) is 0. The average Bonchev–Trinajstić information content (AvgIpc) is 2.77. The summed E-state index contributed by atoms with van der Waals surface area (Å²) in [5.41, 5.74) is 3.46. The third kappa shape index (κ3) is 5.72. The van der Waals surface area contributed by atoms with Crippen molar-refractivity contribution in [3.8, 4) is 11.5 Å². The van der Waals surface area contributed by atoms with Crippen LogP contribution in [0.15, 0.2) is 72.8 Å². The topological polar surface area (TPSA) is 55.8 Å². The zero-order valence-electron chi connectivity index (χ0n) is 18.3. The van der Waals surface area contributed by atoms with Crippen LogP contribution in [-0.2, 0) is 16.0 Å². The van der Waals surface area contributed by atoms with E-state index in [1.165, 1.54) is 12.0 Å². The van der Waals surface area contributed by atoms with Gasteiger partial charge in [-0.1, -0.05) is 47.5 Å². The number of nitrogens with zero attached hydrogens (tertiary/aromatic N) is 1. The molecule has 0 spiro atoms. The number of carbonyl (C=O) groups is 2. The van der Waals surface area contributed by atoms with Crippen LogP contribution in [0.4, 0.5) is 0 Å². The summed E-state index contributed by atoms with van der Waals surface area (Å²) in [7, 11) is 2.97. The van der Waals surface area contributed by atoms with Crippen LogP contribution in [0.25, 0.3) is 0 Å². The Hall–Kier alpha value is -3.60. The van der Waals surface area contributed by atoms with E-state index >= 15 is 0 Å². The van der Waals surface area contributed by atoms with Gasteiger partial charge >= 0.3 is 5.97 Å².